The average Bonchev–Trinajstić information content (AvgIpc) is 1.98. The summed E-state index contributed by atoms with van der Waals surface area (Å²) in [5.74, 6) is -14.5. The molecular formula is C4H2F9KNO2S. The van der Waals surface area contributed by atoms with E-state index in [1.807, 2.05) is 0 Å². The minimum atomic E-state index is -7.27. The van der Waals surface area contributed by atoms with Crippen LogP contribution in [-0.2, 0) is 10.0 Å². The maximum Gasteiger partial charge on any atom is 0.460 e. The van der Waals surface area contributed by atoms with Gasteiger partial charge in [-0.25, -0.2) is 13.6 Å². The monoisotopic (exact) mass is 338 g/mol. The fraction of sp³-hybridized carbons (Fsp3) is 1.00. The van der Waals surface area contributed by atoms with E-state index in [2.05, 4.69) is 5.14 Å². The van der Waals surface area contributed by atoms with Crippen molar-refractivity contribution in [3.63, 3.8) is 0 Å². The molecule has 0 atom stereocenters. The third kappa shape index (κ3) is 3.14. The molecule has 0 aliphatic rings. The molecule has 2 N–H and O–H groups in total. The van der Waals surface area contributed by atoms with Crippen molar-refractivity contribution in [1.82, 2.24) is 0 Å². The molecule has 105 valence electrons. The maximum atomic E-state index is 12.3. The number of hydrogen-bond donors (Lipinski definition) is 1. The molecule has 14 heteroatoms. The van der Waals surface area contributed by atoms with E-state index in [9.17, 15) is 47.9 Å². The molecule has 0 unspecified atom stereocenters. The molecule has 0 heterocycles. The summed E-state index contributed by atoms with van der Waals surface area (Å²) in [4.78, 5) is 0. The number of primary sulfonamides is 1. The normalized spacial score (nSPS) is 15.2. The second-order valence-electron chi connectivity index (χ2n) is 2.71. The molecule has 0 aliphatic heterocycles. The summed E-state index contributed by atoms with van der Waals surface area (Å²) < 4.78 is 127. The number of hydrogen-bond acceptors (Lipinski definition) is 2. The molecule has 0 aromatic rings. The van der Waals surface area contributed by atoms with Crippen molar-refractivity contribution in [1.29, 1.82) is 0 Å². The van der Waals surface area contributed by atoms with Gasteiger partial charge in [0.1, 0.15) is 0 Å². The number of rotatable bonds is 3. The fourth-order valence-electron chi connectivity index (χ4n) is 0.539. The summed E-state index contributed by atoms with van der Waals surface area (Å²) in [6.07, 6.45) is -7.08. The Morgan fingerprint density at radius 1 is 0.722 bits per heavy atom. The van der Waals surface area contributed by atoms with Gasteiger partial charge in [-0.15, -0.1) is 0 Å². The van der Waals surface area contributed by atoms with E-state index in [-0.39, 0.29) is 51.4 Å². The van der Waals surface area contributed by atoms with Gasteiger partial charge in [0.15, 0.2) is 0 Å². The Balaban J connectivity index is 0. The van der Waals surface area contributed by atoms with Crippen molar-refractivity contribution in [2.75, 3.05) is 0 Å². The van der Waals surface area contributed by atoms with Gasteiger partial charge in [0.25, 0.3) is 10.0 Å². The van der Waals surface area contributed by atoms with Crippen molar-refractivity contribution in [3.8, 4) is 0 Å². The van der Waals surface area contributed by atoms with Crippen LogP contribution in [0.1, 0.15) is 0 Å². The molecule has 0 fully saturated rings. The van der Waals surface area contributed by atoms with Crippen LogP contribution in [0.3, 0.4) is 0 Å². The second kappa shape index (κ2) is 5.36. The molecule has 0 amide bonds. The standard InChI is InChI=1S/C4H2F9NO2S.K/c5-1(6,3(9,10)11)2(7,8)4(12,13)17(14,15)16;/h(H2,14,15,16);. The van der Waals surface area contributed by atoms with Crippen molar-refractivity contribution in [3.05, 3.63) is 0 Å². The van der Waals surface area contributed by atoms with Gasteiger partial charge in [-0.2, -0.15) is 39.5 Å². The van der Waals surface area contributed by atoms with Gasteiger partial charge in [-0.05, 0) is 0 Å². The summed E-state index contributed by atoms with van der Waals surface area (Å²) in [7, 11) is -6.67. The Morgan fingerprint density at radius 3 is 1.17 bits per heavy atom. The minimum Gasteiger partial charge on any atom is -0.223 e. The summed E-state index contributed by atoms with van der Waals surface area (Å²) >= 11 is 0. The van der Waals surface area contributed by atoms with E-state index in [4.69, 9.17) is 0 Å². The third-order valence-corrected chi connectivity index (χ3v) is 2.44. The number of alkyl halides is 9. The van der Waals surface area contributed by atoms with E-state index in [0.29, 0.717) is 0 Å². The Hall–Kier alpha value is 0.916. The zero-order valence-electron chi connectivity index (χ0n) is 8.20. The van der Waals surface area contributed by atoms with Crippen LogP contribution in [-0.4, -0.2) is 83.1 Å². The summed E-state index contributed by atoms with van der Waals surface area (Å²) in [6.45, 7) is 0. The largest absolute Gasteiger partial charge is 0.460 e. The first-order chi connectivity index (χ1) is 7.00. The molecular weight excluding hydrogens is 336 g/mol. The number of nitrogens with two attached hydrogens (primary N) is 1. The molecule has 0 aromatic carbocycles. The van der Waals surface area contributed by atoms with E-state index in [1.54, 1.807) is 0 Å². The molecule has 0 spiro atoms. The minimum absolute atomic E-state index is 0. The van der Waals surface area contributed by atoms with Crippen LogP contribution in [0.2, 0.25) is 0 Å². The van der Waals surface area contributed by atoms with Crippen molar-refractivity contribution >= 4 is 61.4 Å². The average molecular weight is 338 g/mol. The van der Waals surface area contributed by atoms with Crippen LogP contribution >= 0.6 is 0 Å². The molecule has 0 aromatic heterocycles. The molecule has 18 heavy (non-hydrogen) atoms. The van der Waals surface area contributed by atoms with E-state index in [1.165, 1.54) is 0 Å². The van der Waals surface area contributed by atoms with Crippen LogP contribution in [0.25, 0.3) is 0 Å². The van der Waals surface area contributed by atoms with Gasteiger partial charge in [-0.1, -0.05) is 0 Å². The van der Waals surface area contributed by atoms with Crippen LogP contribution in [0, 0.1) is 0 Å². The molecule has 0 rings (SSSR count). The predicted octanol–water partition coefficient (Wildman–Crippen LogP) is 1.32. The summed E-state index contributed by atoms with van der Waals surface area (Å²) in [5, 5.41) is -3.30. The van der Waals surface area contributed by atoms with Crippen LogP contribution in [0.15, 0.2) is 0 Å². The summed E-state index contributed by atoms with van der Waals surface area (Å²) in [5.41, 5.74) is 0. The van der Waals surface area contributed by atoms with Crippen molar-refractivity contribution in [2.45, 2.75) is 23.3 Å². The zero-order valence-corrected chi connectivity index (χ0v) is 12.1. The number of sulfonamides is 1. The van der Waals surface area contributed by atoms with Gasteiger partial charge >= 0.3 is 23.3 Å². The summed E-state index contributed by atoms with van der Waals surface area (Å²) in [6, 6.07) is 0. The Kier molecular flexibility index (Phi) is 6.32. The quantitative estimate of drug-likeness (QED) is 0.623. The first-order valence-electron chi connectivity index (χ1n) is 3.22. The van der Waals surface area contributed by atoms with Gasteiger partial charge in [0, 0.05) is 51.4 Å². The molecule has 0 saturated heterocycles. The van der Waals surface area contributed by atoms with Crippen molar-refractivity contribution in [2.24, 2.45) is 5.14 Å². The SMILES string of the molecule is NS(=O)(=O)C(F)(F)C(F)(F)C(F)(F)C(F)(F)F.[K]. The van der Waals surface area contributed by atoms with Gasteiger partial charge in [0.2, 0.25) is 0 Å². The maximum absolute atomic E-state index is 12.3. The zero-order chi connectivity index (χ0) is 14.5. The van der Waals surface area contributed by atoms with E-state index < -0.39 is 33.3 Å². The topological polar surface area (TPSA) is 60.2 Å². The van der Waals surface area contributed by atoms with Gasteiger partial charge < -0.3 is 0 Å². The molecule has 0 bridgehead atoms. The van der Waals surface area contributed by atoms with E-state index in [0.717, 1.165) is 0 Å². The third-order valence-electron chi connectivity index (χ3n) is 1.47. The van der Waals surface area contributed by atoms with E-state index >= 15 is 0 Å². The molecule has 0 aliphatic carbocycles. The molecule has 3 nitrogen and oxygen atoms in total. The smallest absolute Gasteiger partial charge is 0.223 e. The van der Waals surface area contributed by atoms with Crippen LogP contribution in [0.4, 0.5) is 39.5 Å². The molecule has 1 radical (unpaired) electrons. The first kappa shape index (κ1) is 21.2. The second-order valence-corrected chi connectivity index (χ2v) is 4.31. The fourth-order valence-corrected chi connectivity index (χ4v) is 1.02. The Bertz CT molecular complexity index is 401. The number of halogens is 9. The first-order valence-corrected chi connectivity index (χ1v) is 4.77. The molecule has 0 saturated carbocycles. The Morgan fingerprint density at radius 2 is 1.00 bits per heavy atom. The van der Waals surface area contributed by atoms with Crippen molar-refractivity contribution < 1.29 is 47.9 Å². The van der Waals surface area contributed by atoms with Crippen LogP contribution in [0.5, 0.6) is 0 Å². The van der Waals surface area contributed by atoms with Crippen LogP contribution < -0.4 is 5.14 Å². The predicted molar refractivity (Wildman–Crippen MR) is 39.8 cm³/mol. The van der Waals surface area contributed by atoms with Gasteiger partial charge in [-0.3, -0.25) is 0 Å². The van der Waals surface area contributed by atoms with Gasteiger partial charge in [0.05, 0.1) is 0 Å². The Labute approximate surface area is 136 Å².